The molecule has 0 aliphatic rings. The Morgan fingerprint density at radius 1 is 1.26 bits per heavy atom. The Bertz CT molecular complexity index is 843. The van der Waals surface area contributed by atoms with E-state index in [0.29, 0.717) is 5.13 Å². The Labute approximate surface area is 144 Å². The third kappa shape index (κ3) is 3.45. The topological polar surface area (TPSA) is 85.6 Å². The van der Waals surface area contributed by atoms with Gasteiger partial charge in [0.1, 0.15) is 5.01 Å². The molecule has 0 aliphatic heterocycles. The third-order valence-electron chi connectivity index (χ3n) is 2.98. The summed E-state index contributed by atoms with van der Waals surface area (Å²) in [5.41, 5.74) is 1.01. The Kier molecular flexibility index (Phi) is 4.49. The lowest BCUT2D eigenvalue weighted by atomic mass is 10.2. The molecule has 23 heavy (non-hydrogen) atoms. The Balaban J connectivity index is 1.77. The van der Waals surface area contributed by atoms with Gasteiger partial charge in [0, 0.05) is 10.4 Å². The van der Waals surface area contributed by atoms with E-state index >= 15 is 0 Å². The van der Waals surface area contributed by atoms with E-state index in [1.165, 1.54) is 11.3 Å². The van der Waals surface area contributed by atoms with Gasteiger partial charge in [-0.25, -0.2) is 4.68 Å². The number of nitrogens with one attached hydrogen (secondary N) is 1. The van der Waals surface area contributed by atoms with E-state index in [4.69, 9.17) is 0 Å². The fraction of sp³-hybridized carbons (Fsp3) is 0.214. The molecule has 3 rings (SSSR count). The van der Waals surface area contributed by atoms with Crippen LogP contribution < -0.4 is 5.32 Å². The number of aromatic nitrogens is 5. The van der Waals surface area contributed by atoms with Gasteiger partial charge in [-0.1, -0.05) is 42.5 Å². The first-order valence-corrected chi connectivity index (χ1v) is 8.47. The van der Waals surface area contributed by atoms with E-state index in [1.54, 1.807) is 10.9 Å². The maximum Gasteiger partial charge on any atom is 0.279 e. The number of carbonyl (C=O) groups is 1. The Morgan fingerprint density at radius 3 is 2.74 bits per heavy atom. The summed E-state index contributed by atoms with van der Waals surface area (Å²) in [7, 11) is 0. The zero-order valence-electron chi connectivity index (χ0n) is 12.4. The van der Waals surface area contributed by atoms with E-state index in [9.17, 15) is 4.79 Å². The maximum atomic E-state index is 12.2. The van der Waals surface area contributed by atoms with Crippen molar-refractivity contribution in [3.63, 3.8) is 0 Å². The smallest absolute Gasteiger partial charge is 0.279 e. The van der Waals surface area contributed by atoms with E-state index in [0.717, 1.165) is 15.2 Å². The van der Waals surface area contributed by atoms with E-state index < -0.39 is 0 Å². The van der Waals surface area contributed by atoms with Gasteiger partial charge in [0.05, 0.1) is 11.9 Å². The number of hydrogen-bond acceptors (Lipinski definition) is 6. The lowest BCUT2D eigenvalue weighted by molar-refractivity contribution is 0.102. The molecule has 0 unspecified atom stereocenters. The van der Waals surface area contributed by atoms with E-state index in [1.807, 2.05) is 38.1 Å². The Morgan fingerprint density at radius 2 is 2.04 bits per heavy atom. The van der Waals surface area contributed by atoms with Crippen molar-refractivity contribution in [2.75, 3.05) is 5.32 Å². The number of amides is 1. The highest BCUT2D eigenvalue weighted by molar-refractivity contribution is 9.10. The number of halogens is 1. The first-order chi connectivity index (χ1) is 11.0. The average Bonchev–Trinajstić information content (AvgIpc) is 3.16. The molecular weight excluding hydrogens is 380 g/mol. The monoisotopic (exact) mass is 392 g/mol. The fourth-order valence-electron chi connectivity index (χ4n) is 1.80. The molecule has 0 aliphatic carbocycles. The van der Waals surface area contributed by atoms with E-state index in [2.05, 4.69) is 41.8 Å². The van der Waals surface area contributed by atoms with E-state index in [-0.39, 0.29) is 17.5 Å². The second kappa shape index (κ2) is 6.55. The molecule has 0 bridgehead atoms. The first kappa shape index (κ1) is 15.8. The number of nitrogens with zero attached hydrogens (tertiary/aromatic N) is 5. The normalized spacial score (nSPS) is 11.0. The first-order valence-electron chi connectivity index (χ1n) is 6.86. The lowest BCUT2D eigenvalue weighted by Crippen LogP contribution is -2.12. The molecule has 1 aromatic carbocycles. The molecule has 2 aromatic heterocycles. The molecule has 0 fully saturated rings. The number of para-hydroxylation sites is 1. The van der Waals surface area contributed by atoms with Crippen LogP contribution in [0.2, 0.25) is 0 Å². The number of benzene rings is 1. The zero-order chi connectivity index (χ0) is 16.4. The molecule has 0 saturated carbocycles. The molecule has 3 aromatic rings. The van der Waals surface area contributed by atoms with Gasteiger partial charge in [-0.3, -0.25) is 10.1 Å². The molecule has 2 heterocycles. The summed E-state index contributed by atoms with van der Waals surface area (Å²) >= 11 is 4.80. The highest BCUT2D eigenvalue weighted by atomic mass is 79.9. The van der Waals surface area contributed by atoms with Crippen LogP contribution in [0.15, 0.2) is 34.9 Å². The predicted octanol–water partition coefficient (Wildman–Crippen LogP) is 3.26. The van der Waals surface area contributed by atoms with Crippen molar-refractivity contribution in [3.8, 4) is 5.69 Å². The highest BCUT2D eigenvalue weighted by Gasteiger charge is 2.15. The molecule has 118 valence electrons. The van der Waals surface area contributed by atoms with Crippen LogP contribution in [0.25, 0.3) is 5.69 Å². The van der Waals surface area contributed by atoms with Crippen LogP contribution in [0, 0.1) is 0 Å². The summed E-state index contributed by atoms with van der Waals surface area (Å²) in [6.07, 6.45) is 1.57. The molecule has 7 nitrogen and oxygen atoms in total. The molecule has 0 spiro atoms. The highest BCUT2D eigenvalue weighted by Crippen LogP contribution is 2.23. The SMILES string of the molecule is CC(C)c1nnc(NC(=O)c2cn(-c3ccccc3Br)nn2)s1. The minimum Gasteiger partial charge on any atom is -0.295 e. The second-order valence-corrected chi connectivity index (χ2v) is 6.92. The van der Waals surface area contributed by atoms with Crippen LogP contribution >= 0.6 is 27.3 Å². The number of carbonyl (C=O) groups excluding carboxylic acids is 1. The van der Waals surface area contributed by atoms with Crippen molar-refractivity contribution in [2.45, 2.75) is 19.8 Å². The van der Waals surface area contributed by atoms with Crippen LogP contribution in [-0.2, 0) is 0 Å². The van der Waals surface area contributed by atoms with Crippen LogP contribution in [0.1, 0.15) is 35.3 Å². The average molecular weight is 393 g/mol. The van der Waals surface area contributed by atoms with Crippen LogP contribution in [0.4, 0.5) is 5.13 Å². The number of rotatable bonds is 4. The minimum absolute atomic E-state index is 0.210. The molecule has 0 saturated heterocycles. The van der Waals surface area contributed by atoms with Gasteiger partial charge in [0.2, 0.25) is 5.13 Å². The van der Waals surface area contributed by atoms with Gasteiger partial charge in [0.25, 0.3) is 5.91 Å². The summed E-state index contributed by atoms with van der Waals surface area (Å²) in [4.78, 5) is 12.2. The quantitative estimate of drug-likeness (QED) is 0.736. The van der Waals surface area contributed by atoms with Gasteiger partial charge >= 0.3 is 0 Å². The Hall–Kier alpha value is -2.13. The molecule has 0 radical (unpaired) electrons. The lowest BCUT2D eigenvalue weighted by Gasteiger charge is -2.01. The molecule has 9 heteroatoms. The standard InChI is InChI=1S/C14H13BrN6OS/c1-8(2)13-18-19-14(23-13)16-12(22)10-7-21(20-17-10)11-6-4-3-5-9(11)15/h3-8H,1-2H3,(H,16,19,22). The van der Waals surface area contributed by atoms with Gasteiger partial charge in [-0.2, -0.15) is 0 Å². The summed E-state index contributed by atoms with van der Waals surface area (Å²) < 4.78 is 2.40. The third-order valence-corrected chi connectivity index (χ3v) is 4.79. The van der Waals surface area contributed by atoms with Crippen LogP contribution in [-0.4, -0.2) is 31.1 Å². The van der Waals surface area contributed by atoms with Crippen molar-refractivity contribution in [2.24, 2.45) is 0 Å². The number of anilines is 1. The van der Waals surface area contributed by atoms with Crippen molar-refractivity contribution < 1.29 is 4.79 Å². The summed E-state index contributed by atoms with van der Waals surface area (Å²) in [6, 6.07) is 7.56. The van der Waals surface area contributed by atoms with Crippen molar-refractivity contribution in [1.82, 2.24) is 25.2 Å². The van der Waals surface area contributed by atoms with Gasteiger partial charge in [-0.15, -0.1) is 15.3 Å². The summed E-state index contributed by atoms with van der Waals surface area (Å²) in [5, 5.41) is 19.9. The van der Waals surface area contributed by atoms with Crippen LogP contribution in [0.5, 0.6) is 0 Å². The van der Waals surface area contributed by atoms with Crippen molar-refractivity contribution in [3.05, 3.63) is 45.6 Å². The maximum absolute atomic E-state index is 12.2. The molecule has 0 atom stereocenters. The largest absolute Gasteiger partial charge is 0.295 e. The molecule has 1 N–H and O–H groups in total. The van der Waals surface area contributed by atoms with Gasteiger partial charge in [0.15, 0.2) is 5.69 Å². The molecule has 1 amide bonds. The van der Waals surface area contributed by atoms with Crippen molar-refractivity contribution in [1.29, 1.82) is 0 Å². The molecular formula is C14H13BrN6OS. The zero-order valence-corrected chi connectivity index (χ0v) is 14.8. The fourth-order valence-corrected chi connectivity index (χ4v) is 3.01. The van der Waals surface area contributed by atoms with Crippen LogP contribution in [0.3, 0.4) is 0 Å². The van der Waals surface area contributed by atoms with Crippen molar-refractivity contribution >= 4 is 38.3 Å². The predicted molar refractivity (Wildman–Crippen MR) is 91.0 cm³/mol. The number of hydrogen-bond donors (Lipinski definition) is 1. The summed E-state index contributed by atoms with van der Waals surface area (Å²) in [5.74, 6) is -0.0933. The second-order valence-electron chi connectivity index (χ2n) is 5.05. The summed E-state index contributed by atoms with van der Waals surface area (Å²) in [6.45, 7) is 4.05. The van der Waals surface area contributed by atoms with Gasteiger partial charge in [-0.05, 0) is 28.1 Å². The van der Waals surface area contributed by atoms with Gasteiger partial charge < -0.3 is 0 Å². The minimum atomic E-state index is -0.366.